The van der Waals surface area contributed by atoms with Gasteiger partial charge in [0, 0.05) is 18.2 Å². The molecule has 0 bridgehead atoms. The summed E-state index contributed by atoms with van der Waals surface area (Å²) in [7, 11) is 1.51. The maximum atomic E-state index is 11.1. The van der Waals surface area contributed by atoms with E-state index in [1.807, 2.05) is 48.5 Å². The molecule has 0 aliphatic carbocycles. The van der Waals surface area contributed by atoms with E-state index >= 15 is 0 Å². The molecule has 0 atom stereocenters. The minimum Gasteiger partial charge on any atom is -0.377 e. The normalized spacial score (nSPS) is 9.30. The molecule has 0 N–H and O–H groups in total. The van der Waals surface area contributed by atoms with Gasteiger partial charge < -0.3 is 4.74 Å². The van der Waals surface area contributed by atoms with E-state index in [0.29, 0.717) is 5.56 Å². The summed E-state index contributed by atoms with van der Waals surface area (Å²) in [6.45, 7) is 1.72. The molecule has 2 aromatic rings. The number of rotatable bonds is 4. The van der Waals surface area contributed by atoms with Gasteiger partial charge in [-0.3, -0.25) is 9.59 Å². The number of carbonyl (C=O) groups is 2. The third kappa shape index (κ3) is 5.59. The zero-order valence-corrected chi connectivity index (χ0v) is 11.7. The van der Waals surface area contributed by atoms with Crippen LogP contribution in [0.15, 0.2) is 60.7 Å². The predicted octanol–water partition coefficient (Wildman–Crippen LogP) is 3.40. The highest BCUT2D eigenvalue weighted by atomic mass is 16.5. The molecule has 3 heteroatoms. The highest BCUT2D eigenvalue weighted by Crippen LogP contribution is 1.99. The topological polar surface area (TPSA) is 43.4 Å². The molecule has 0 unspecified atom stereocenters. The molecular weight excluding hydrogens is 252 g/mol. The minimum absolute atomic E-state index is 0.0214. The quantitative estimate of drug-likeness (QED) is 0.800. The summed E-state index contributed by atoms with van der Waals surface area (Å²) in [5, 5.41) is 0. The Morgan fingerprint density at radius 2 is 1.30 bits per heavy atom. The van der Waals surface area contributed by atoms with Gasteiger partial charge in [0.2, 0.25) is 0 Å². The van der Waals surface area contributed by atoms with Crippen molar-refractivity contribution in [3.63, 3.8) is 0 Å². The SMILES string of the molecule is CC(=O)c1ccccc1.COCC(=O)c1ccccc1. The van der Waals surface area contributed by atoms with Crippen LogP contribution in [0.2, 0.25) is 0 Å². The van der Waals surface area contributed by atoms with E-state index in [4.69, 9.17) is 4.74 Å². The highest BCUT2D eigenvalue weighted by Gasteiger charge is 2.01. The summed E-state index contributed by atoms with van der Waals surface area (Å²) in [4.78, 5) is 21.8. The van der Waals surface area contributed by atoms with Crippen LogP contribution in [-0.4, -0.2) is 25.3 Å². The fourth-order valence-corrected chi connectivity index (χ4v) is 1.51. The maximum Gasteiger partial charge on any atom is 0.188 e. The molecule has 3 nitrogen and oxygen atoms in total. The molecule has 0 amide bonds. The minimum atomic E-state index is 0.0214. The van der Waals surface area contributed by atoms with E-state index in [9.17, 15) is 9.59 Å². The smallest absolute Gasteiger partial charge is 0.188 e. The Kier molecular flexibility index (Phi) is 6.93. The molecule has 0 saturated heterocycles. The number of hydrogen-bond acceptors (Lipinski definition) is 3. The van der Waals surface area contributed by atoms with E-state index in [0.717, 1.165) is 5.56 Å². The van der Waals surface area contributed by atoms with Crippen molar-refractivity contribution in [3.05, 3.63) is 71.8 Å². The summed E-state index contributed by atoms with van der Waals surface area (Å²) in [5.41, 5.74) is 1.48. The zero-order valence-electron chi connectivity index (χ0n) is 11.7. The number of carbonyl (C=O) groups excluding carboxylic acids is 2. The van der Waals surface area contributed by atoms with Gasteiger partial charge in [-0.15, -0.1) is 0 Å². The first kappa shape index (κ1) is 15.8. The second kappa shape index (κ2) is 8.77. The van der Waals surface area contributed by atoms with Crippen molar-refractivity contribution >= 4 is 11.6 Å². The Balaban J connectivity index is 0.000000204. The first-order valence-corrected chi connectivity index (χ1v) is 6.28. The molecule has 0 spiro atoms. The van der Waals surface area contributed by atoms with Crippen LogP contribution in [0.1, 0.15) is 27.6 Å². The Morgan fingerprint density at radius 3 is 1.65 bits per heavy atom. The molecule has 2 rings (SSSR count). The van der Waals surface area contributed by atoms with Crippen molar-refractivity contribution in [2.45, 2.75) is 6.92 Å². The molecule has 0 saturated carbocycles. The van der Waals surface area contributed by atoms with Crippen LogP contribution in [0.4, 0.5) is 0 Å². The zero-order chi connectivity index (χ0) is 14.8. The average molecular weight is 270 g/mol. The standard InChI is InChI=1S/C9H10O2.C8H8O/c1-11-7-9(10)8-5-3-2-4-6-8;1-7(9)8-5-3-2-4-6-8/h2-6H,7H2,1H3;2-6H,1H3. The van der Waals surface area contributed by atoms with Crippen LogP contribution in [0.5, 0.6) is 0 Å². The van der Waals surface area contributed by atoms with Gasteiger partial charge in [-0.25, -0.2) is 0 Å². The molecule has 0 aromatic heterocycles. The number of methoxy groups -OCH3 is 1. The molecule has 0 radical (unpaired) electrons. The lowest BCUT2D eigenvalue weighted by molar-refractivity contribution is 0.0848. The van der Waals surface area contributed by atoms with Crippen LogP contribution < -0.4 is 0 Å². The number of hydrogen-bond donors (Lipinski definition) is 0. The van der Waals surface area contributed by atoms with Crippen LogP contribution in [0, 0.1) is 0 Å². The lowest BCUT2D eigenvalue weighted by Gasteiger charge is -1.97. The van der Waals surface area contributed by atoms with Gasteiger partial charge in [-0.05, 0) is 6.92 Å². The van der Waals surface area contributed by atoms with Crippen LogP contribution in [-0.2, 0) is 4.74 Å². The summed E-state index contributed by atoms with van der Waals surface area (Å²) in [6, 6.07) is 18.3. The van der Waals surface area contributed by atoms with Gasteiger partial charge in [0.15, 0.2) is 11.6 Å². The van der Waals surface area contributed by atoms with Crippen molar-refractivity contribution in [2.75, 3.05) is 13.7 Å². The lowest BCUT2D eigenvalue weighted by Crippen LogP contribution is -2.06. The second-order valence-electron chi connectivity index (χ2n) is 4.14. The van der Waals surface area contributed by atoms with Crippen molar-refractivity contribution in [1.29, 1.82) is 0 Å². The molecule has 0 aliphatic heterocycles. The van der Waals surface area contributed by atoms with Crippen molar-refractivity contribution < 1.29 is 14.3 Å². The van der Waals surface area contributed by atoms with Crippen molar-refractivity contribution in [3.8, 4) is 0 Å². The molecule has 0 fully saturated rings. The van der Waals surface area contributed by atoms with Gasteiger partial charge in [-0.1, -0.05) is 60.7 Å². The molecule has 20 heavy (non-hydrogen) atoms. The van der Waals surface area contributed by atoms with Crippen LogP contribution in [0.3, 0.4) is 0 Å². The Bertz CT molecular complexity index is 533. The summed E-state index contributed by atoms with van der Waals surface area (Å²) in [6.07, 6.45) is 0. The van der Waals surface area contributed by atoms with Gasteiger partial charge in [0.05, 0.1) is 0 Å². The molecule has 0 aliphatic rings. The van der Waals surface area contributed by atoms with Gasteiger partial charge in [0.1, 0.15) is 6.61 Å². The Morgan fingerprint density at radius 1 is 0.850 bits per heavy atom. The van der Waals surface area contributed by atoms with E-state index in [2.05, 4.69) is 0 Å². The van der Waals surface area contributed by atoms with Gasteiger partial charge in [0.25, 0.3) is 0 Å². The fourth-order valence-electron chi connectivity index (χ4n) is 1.51. The van der Waals surface area contributed by atoms with Crippen LogP contribution >= 0.6 is 0 Å². The first-order chi connectivity index (χ1) is 9.65. The number of ether oxygens (including phenoxy) is 1. The third-order valence-corrected chi connectivity index (χ3v) is 2.55. The molecule has 104 valence electrons. The third-order valence-electron chi connectivity index (χ3n) is 2.55. The highest BCUT2D eigenvalue weighted by molar-refractivity contribution is 5.97. The van der Waals surface area contributed by atoms with Gasteiger partial charge >= 0.3 is 0 Å². The Labute approximate surface area is 119 Å². The second-order valence-corrected chi connectivity index (χ2v) is 4.14. The predicted molar refractivity (Wildman–Crippen MR) is 79.1 cm³/mol. The fraction of sp³-hybridized carbons (Fsp3) is 0.176. The van der Waals surface area contributed by atoms with Crippen molar-refractivity contribution in [2.24, 2.45) is 0 Å². The van der Waals surface area contributed by atoms with E-state index in [-0.39, 0.29) is 18.2 Å². The number of ketones is 2. The largest absolute Gasteiger partial charge is 0.377 e. The number of benzene rings is 2. The molecule has 2 aromatic carbocycles. The average Bonchev–Trinajstić information content (AvgIpc) is 2.50. The summed E-state index contributed by atoms with van der Waals surface area (Å²) < 4.78 is 4.71. The van der Waals surface area contributed by atoms with Crippen LogP contribution in [0.25, 0.3) is 0 Å². The molecule has 0 heterocycles. The van der Waals surface area contributed by atoms with Gasteiger partial charge in [-0.2, -0.15) is 0 Å². The molecular formula is C17H18O3. The summed E-state index contributed by atoms with van der Waals surface area (Å²) >= 11 is 0. The van der Waals surface area contributed by atoms with E-state index in [1.54, 1.807) is 19.1 Å². The van der Waals surface area contributed by atoms with E-state index < -0.39 is 0 Å². The number of Topliss-reactive ketones (excluding diaryl/α,β-unsaturated/α-hetero) is 2. The summed E-state index contributed by atoms with van der Waals surface area (Å²) in [5.74, 6) is 0.142. The maximum absolute atomic E-state index is 11.1. The monoisotopic (exact) mass is 270 g/mol. The van der Waals surface area contributed by atoms with Crippen molar-refractivity contribution in [1.82, 2.24) is 0 Å². The Hall–Kier alpha value is -2.26. The van der Waals surface area contributed by atoms with E-state index in [1.165, 1.54) is 7.11 Å². The lowest BCUT2D eigenvalue weighted by atomic mass is 10.1. The first-order valence-electron chi connectivity index (χ1n) is 6.28.